The summed E-state index contributed by atoms with van der Waals surface area (Å²) in [6.45, 7) is 8.86. The Kier molecular flexibility index (Phi) is 7.16. The number of ether oxygens (including phenoxy) is 2. The average Bonchev–Trinajstić information content (AvgIpc) is 3.13. The Morgan fingerprint density at radius 1 is 1.26 bits per heavy atom. The van der Waals surface area contributed by atoms with E-state index in [0.717, 1.165) is 29.4 Å². The lowest BCUT2D eigenvalue weighted by Gasteiger charge is -2.31. The summed E-state index contributed by atoms with van der Waals surface area (Å²) in [7, 11) is 3.98. The maximum Gasteiger partial charge on any atom is 0.417 e. The summed E-state index contributed by atoms with van der Waals surface area (Å²) < 4.78 is 10.9. The number of carbonyl (C=O) groups excluding carboxylic acids is 2. The normalized spacial score (nSPS) is 16.0. The minimum absolute atomic E-state index is 0.000288. The van der Waals surface area contributed by atoms with Crippen molar-refractivity contribution >= 4 is 40.8 Å². The van der Waals surface area contributed by atoms with E-state index in [4.69, 9.17) is 26.1 Å². The van der Waals surface area contributed by atoms with Crippen LogP contribution in [0.1, 0.15) is 42.4 Å². The van der Waals surface area contributed by atoms with Gasteiger partial charge in [0.05, 0.1) is 48.6 Å². The number of morpholine rings is 1. The molecule has 1 fully saturated rings. The number of aromatic nitrogens is 2. The molecule has 0 spiro atoms. The van der Waals surface area contributed by atoms with Crippen molar-refractivity contribution in [3.05, 3.63) is 40.3 Å². The number of imide groups is 1. The Morgan fingerprint density at radius 3 is 2.63 bits per heavy atom. The maximum absolute atomic E-state index is 13.2. The van der Waals surface area contributed by atoms with Crippen molar-refractivity contribution in [2.45, 2.75) is 39.5 Å². The molecule has 4 rings (SSSR count). The fraction of sp³-hybridized carbons (Fsp3) is 0.500. The smallest absolute Gasteiger partial charge is 0.417 e. The molecule has 2 aliphatic heterocycles. The summed E-state index contributed by atoms with van der Waals surface area (Å²) in [6.07, 6.45) is 0.767. The molecule has 0 saturated carbocycles. The van der Waals surface area contributed by atoms with E-state index in [2.05, 4.69) is 20.1 Å². The number of halogens is 1. The highest BCUT2D eigenvalue weighted by atomic mass is 35.5. The minimum atomic E-state index is -0.732. The Morgan fingerprint density at radius 2 is 1.97 bits per heavy atom. The summed E-state index contributed by atoms with van der Waals surface area (Å²) in [4.78, 5) is 40.3. The molecule has 1 N–H and O–H groups in total. The summed E-state index contributed by atoms with van der Waals surface area (Å²) >= 11 is 6.30. The van der Waals surface area contributed by atoms with E-state index < -0.39 is 17.6 Å². The quantitative estimate of drug-likeness (QED) is 0.614. The first-order chi connectivity index (χ1) is 16.5. The monoisotopic (exact) mass is 502 g/mol. The van der Waals surface area contributed by atoms with Crippen LogP contribution in [-0.4, -0.2) is 77.8 Å². The highest BCUT2D eigenvalue weighted by molar-refractivity contribution is 6.31. The Bertz CT molecular complexity index is 1130. The van der Waals surface area contributed by atoms with E-state index in [1.807, 2.05) is 26.2 Å². The van der Waals surface area contributed by atoms with E-state index in [1.54, 1.807) is 20.8 Å². The molecule has 2 aliphatic rings. The molecule has 0 aromatic carbocycles. The SMILES string of the molecule is CN(C)Cc1nc(Nc2cnc(Cl)c3c2C(=O)N(C(=O)OC(C)(C)C)C3)ccc1N1CCOCC1. The first-order valence-corrected chi connectivity index (χ1v) is 11.9. The number of pyridine rings is 2. The minimum Gasteiger partial charge on any atom is -0.443 e. The van der Waals surface area contributed by atoms with Gasteiger partial charge in [-0.3, -0.25) is 4.79 Å². The molecule has 0 atom stereocenters. The van der Waals surface area contributed by atoms with Crippen molar-refractivity contribution in [3.8, 4) is 0 Å². The highest BCUT2D eigenvalue weighted by Crippen LogP contribution is 2.35. The number of hydrogen-bond acceptors (Lipinski definition) is 9. The molecule has 11 heteroatoms. The first kappa shape index (κ1) is 25.2. The van der Waals surface area contributed by atoms with Gasteiger partial charge in [-0.15, -0.1) is 0 Å². The second kappa shape index (κ2) is 9.96. The fourth-order valence-corrected chi connectivity index (χ4v) is 4.25. The van der Waals surface area contributed by atoms with Gasteiger partial charge in [-0.05, 0) is 47.0 Å². The fourth-order valence-electron chi connectivity index (χ4n) is 4.05. The van der Waals surface area contributed by atoms with Crippen molar-refractivity contribution in [1.29, 1.82) is 0 Å². The zero-order chi connectivity index (χ0) is 25.3. The number of anilines is 3. The van der Waals surface area contributed by atoms with E-state index in [-0.39, 0.29) is 11.7 Å². The van der Waals surface area contributed by atoms with Gasteiger partial charge in [0, 0.05) is 25.2 Å². The molecule has 2 aromatic rings. The average molecular weight is 503 g/mol. The van der Waals surface area contributed by atoms with Crippen molar-refractivity contribution in [2.75, 3.05) is 50.6 Å². The zero-order valence-corrected chi connectivity index (χ0v) is 21.5. The van der Waals surface area contributed by atoms with Crippen LogP contribution in [0, 0.1) is 0 Å². The van der Waals surface area contributed by atoms with Crippen LogP contribution in [0.15, 0.2) is 18.3 Å². The lowest BCUT2D eigenvalue weighted by molar-refractivity contribution is 0.0248. The van der Waals surface area contributed by atoms with Gasteiger partial charge < -0.3 is 24.6 Å². The van der Waals surface area contributed by atoms with Crippen LogP contribution < -0.4 is 10.2 Å². The van der Waals surface area contributed by atoms with Gasteiger partial charge >= 0.3 is 6.09 Å². The topological polar surface area (TPSA) is 100 Å². The molecular formula is C24H31ClN6O4. The second-order valence-corrected chi connectivity index (χ2v) is 10.2. The van der Waals surface area contributed by atoms with Gasteiger partial charge in [-0.25, -0.2) is 19.7 Å². The summed E-state index contributed by atoms with van der Waals surface area (Å²) in [6, 6.07) is 3.90. The van der Waals surface area contributed by atoms with Crippen molar-refractivity contribution in [2.24, 2.45) is 0 Å². The van der Waals surface area contributed by atoms with Crippen molar-refractivity contribution < 1.29 is 19.1 Å². The third-order valence-corrected chi connectivity index (χ3v) is 5.87. The van der Waals surface area contributed by atoms with E-state index in [1.165, 1.54) is 6.20 Å². The summed E-state index contributed by atoms with van der Waals surface area (Å²) in [5.41, 5.74) is 2.43. The number of hydrogen-bond donors (Lipinski definition) is 1. The largest absolute Gasteiger partial charge is 0.443 e. The van der Waals surface area contributed by atoms with Crippen LogP contribution in [0.5, 0.6) is 0 Å². The molecule has 10 nitrogen and oxygen atoms in total. The van der Waals surface area contributed by atoms with Gasteiger partial charge in [-0.1, -0.05) is 11.6 Å². The third kappa shape index (κ3) is 5.66. The van der Waals surface area contributed by atoms with Crippen molar-refractivity contribution in [1.82, 2.24) is 19.8 Å². The van der Waals surface area contributed by atoms with E-state index in [0.29, 0.717) is 42.4 Å². The predicted octanol–water partition coefficient (Wildman–Crippen LogP) is 3.66. The predicted molar refractivity (Wildman–Crippen MR) is 133 cm³/mol. The molecule has 2 aromatic heterocycles. The number of nitrogens with one attached hydrogen (secondary N) is 1. The van der Waals surface area contributed by atoms with E-state index in [9.17, 15) is 9.59 Å². The van der Waals surface area contributed by atoms with Crippen molar-refractivity contribution in [3.63, 3.8) is 0 Å². The van der Waals surface area contributed by atoms with Gasteiger partial charge in [0.1, 0.15) is 16.6 Å². The van der Waals surface area contributed by atoms with Gasteiger partial charge in [0.2, 0.25) is 0 Å². The molecule has 0 unspecified atom stereocenters. The molecule has 188 valence electrons. The Balaban J connectivity index is 1.63. The summed E-state index contributed by atoms with van der Waals surface area (Å²) in [5, 5.41) is 3.39. The Hall–Kier alpha value is -2.95. The molecule has 2 amide bonds. The van der Waals surface area contributed by atoms with Gasteiger partial charge in [0.25, 0.3) is 5.91 Å². The van der Waals surface area contributed by atoms with Crippen LogP contribution in [0.2, 0.25) is 5.15 Å². The van der Waals surface area contributed by atoms with E-state index >= 15 is 0 Å². The molecular weight excluding hydrogens is 472 g/mol. The summed E-state index contributed by atoms with van der Waals surface area (Å²) in [5.74, 6) is 0.0770. The second-order valence-electron chi connectivity index (χ2n) is 9.81. The Labute approximate surface area is 210 Å². The number of fused-ring (bicyclic) bond motifs is 1. The molecule has 0 aliphatic carbocycles. The van der Waals surface area contributed by atoms with Crippen LogP contribution in [0.4, 0.5) is 22.0 Å². The number of carbonyl (C=O) groups is 2. The number of nitrogens with zero attached hydrogens (tertiary/aromatic N) is 5. The lowest BCUT2D eigenvalue weighted by atomic mass is 10.1. The molecule has 0 bridgehead atoms. The van der Waals surface area contributed by atoms with Gasteiger partial charge in [0.15, 0.2) is 0 Å². The molecule has 4 heterocycles. The first-order valence-electron chi connectivity index (χ1n) is 11.5. The third-order valence-electron chi connectivity index (χ3n) is 5.55. The molecule has 0 radical (unpaired) electrons. The highest BCUT2D eigenvalue weighted by Gasteiger charge is 2.38. The van der Waals surface area contributed by atoms with Crippen LogP contribution in [-0.2, 0) is 22.6 Å². The number of amides is 2. The zero-order valence-electron chi connectivity index (χ0n) is 20.7. The standard InChI is InChI=1S/C24H31ClN6O4/c1-24(2,3)35-23(33)31-13-15-20(22(31)32)16(12-26-21(15)25)27-19-7-6-18(17(28-19)14-29(4)5)30-8-10-34-11-9-30/h6-7,12H,8-11,13-14H2,1-5H3,(H,27,28). The van der Waals surface area contributed by atoms with Crippen LogP contribution in [0.3, 0.4) is 0 Å². The van der Waals surface area contributed by atoms with Gasteiger partial charge in [-0.2, -0.15) is 0 Å². The number of rotatable bonds is 5. The van der Waals surface area contributed by atoms with Crippen LogP contribution >= 0.6 is 11.6 Å². The lowest BCUT2D eigenvalue weighted by Crippen LogP contribution is -2.37. The molecule has 35 heavy (non-hydrogen) atoms. The van der Waals surface area contributed by atoms with Crippen LogP contribution in [0.25, 0.3) is 0 Å². The maximum atomic E-state index is 13.2. The molecule has 1 saturated heterocycles.